The topological polar surface area (TPSA) is 58.4 Å². The first-order chi connectivity index (χ1) is 39.3. The lowest BCUT2D eigenvalue weighted by molar-refractivity contribution is 1.05. The van der Waals surface area contributed by atoms with Gasteiger partial charge in [0, 0.05) is 82.5 Å². The Labute approximate surface area is 461 Å². The molecule has 0 aliphatic carbocycles. The summed E-state index contributed by atoms with van der Waals surface area (Å²) in [5, 5.41) is 9.83. The van der Waals surface area contributed by atoms with Crippen LogP contribution < -0.4 is 0 Å². The van der Waals surface area contributed by atoms with Crippen molar-refractivity contribution >= 4 is 87.2 Å². The largest absolute Gasteiger partial charge is 0.309 e. The molecule has 16 aromatic rings. The van der Waals surface area contributed by atoms with E-state index in [1.54, 1.807) is 0 Å². The molecular weight excluding hydrogens is 975 g/mol. The van der Waals surface area contributed by atoms with Crippen LogP contribution in [0, 0.1) is 27.7 Å². The van der Waals surface area contributed by atoms with Crippen LogP contribution in [0.2, 0.25) is 0 Å². The summed E-state index contributed by atoms with van der Waals surface area (Å²) in [6, 6.07) is 85.7. The van der Waals surface area contributed by atoms with Gasteiger partial charge in [-0.05, 0) is 147 Å². The van der Waals surface area contributed by atoms with E-state index in [0.717, 1.165) is 83.8 Å². The van der Waals surface area contributed by atoms with Crippen molar-refractivity contribution in [2.24, 2.45) is 0 Å². The minimum Gasteiger partial charge on any atom is -0.309 e. The lowest BCUT2D eigenvalue weighted by atomic mass is 9.99. The number of rotatable bonds is 7. The first kappa shape index (κ1) is 45.8. The van der Waals surface area contributed by atoms with Crippen molar-refractivity contribution in [3.05, 3.63) is 259 Å². The van der Waals surface area contributed by atoms with Crippen molar-refractivity contribution in [2.45, 2.75) is 27.7 Å². The second-order valence-electron chi connectivity index (χ2n) is 21.4. The molecule has 0 saturated carbocycles. The summed E-state index contributed by atoms with van der Waals surface area (Å²) in [4.78, 5) is 16.0. The van der Waals surface area contributed by atoms with Gasteiger partial charge in [-0.25, -0.2) is 15.0 Å². The zero-order chi connectivity index (χ0) is 53.3. The third kappa shape index (κ3) is 6.83. The molecular formula is C73H51N7. The Morgan fingerprint density at radius 1 is 0.225 bits per heavy atom. The molecule has 80 heavy (non-hydrogen) atoms. The zero-order valence-corrected chi connectivity index (χ0v) is 44.6. The number of hydrogen-bond acceptors (Lipinski definition) is 3. The summed E-state index contributed by atoms with van der Waals surface area (Å²) in [7, 11) is 0. The molecule has 7 heteroatoms. The van der Waals surface area contributed by atoms with Crippen LogP contribution >= 0.6 is 0 Å². The molecule has 11 aromatic carbocycles. The molecule has 0 aliphatic heterocycles. The number of aryl methyl sites for hydroxylation is 4. The zero-order valence-electron chi connectivity index (χ0n) is 44.6. The molecule has 0 amide bonds. The maximum Gasteiger partial charge on any atom is 0.164 e. The van der Waals surface area contributed by atoms with Crippen LogP contribution in [-0.4, -0.2) is 33.2 Å². The quantitative estimate of drug-likeness (QED) is 0.160. The molecule has 0 aliphatic rings. The van der Waals surface area contributed by atoms with Gasteiger partial charge in [-0.3, -0.25) is 0 Å². The fourth-order valence-corrected chi connectivity index (χ4v) is 13.3. The molecule has 0 unspecified atom stereocenters. The molecule has 0 bridgehead atoms. The van der Waals surface area contributed by atoms with Crippen molar-refractivity contribution in [1.82, 2.24) is 33.2 Å². The highest BCUT2D eigenvalue weighted by Gasteiger charge is 2.23. The molecule has 7 nitrogen and oxygen atoms in total. The van der Waals surface area contributed by atoms with Gasteiger partial charge in [-0.2, -0.15) is 0 Å². The molecule has 0 radical (unpaired) electrons. The highest BCUT2D eigenvalue weighted by molar-refractivity contribution is 6.14. The van der Waals surface area contributed by atoms with Gasteiger partial charge >= 0.3 is 0 Å². The third-order valence-corrected chi connectivity index (χ3v) is 16.7. The number of benzene rings is 11. The van der Waals surface area contributed by atoms with Crippen LogP contribution in [0.1, 0.15) is 22.3 Å². The average Bonchev–Trinajstić information content (AvgIpc) is 4.29. The van der Waals surface area contributed by atoms with Crippen LogP contribution in [0.3, 0.4) is 0 Å². The maximum atomic E-state index is 5.44. The van der Waals surface area contributed by atoms with Gasteiger partial charge in [-0.1, -0.05) is 140 Å². The third-order valence-electron chi connectivity index (χ3n) is 16.7. The Bertz CT molecular complexity index is 4780. The molecule has 0 fully saturated rings. The molecule has 0 N–H and O–H groups in total. The summed E-state index contributed by atoms with van der Waals surface area (Å²) in [6.45, 7) is 8.76. The minimum absolute atomic E-state index is 0.638. The number of hydrogen-bond donors (Lipinski definition) is 0. The SMILES string of the molecule is Cc1cc(-n2c3ccccc3c3cc(-n4c5ccccc5c5ccccc54)ccc32)cc(C)c1-c1nc(-c2ccccc2)nc(-c2c(C)cc(-n3c4ccccc4c4cc(-n5c6ccccc6c6ccccc65)ccc43)cc2C)n1. The van der Waals surface area contributed by atoms with E-state index in [-0.39, 0.29) is 0 Å². The number of para-hydroxylation sites is 6. The Morgan fingerprint density at radius 3 is 0.825 bits per heavy atom. The molecule has 0 saturated heterocycles. The van der Waals surface area contributed by atoms with Gasteiger partial charge in [0.15, 0.2) is 17.5 Å². The van der Waals surface area contributed by atoms with E-state index in [4.69, 9.17) is 15.0 Å². The van der Waals surface area contributed by atoms with Crippen LogP contribution in [-0.2, 0) is 0 Å². The first-order valence-electron chi connectivity index (χ1n) is 27.4. The van der Waals surface area contributed by atoms with Gasteiger partial charge in [0.05, 0.1) is 44.1 Å². The predicted octanol–water partition coefficient (Wildman–Crippen LogP) is 18.5. The molecule has 378 valence electrons. The maximum absolute atomic E-state index is 5.44. The van der Waals surface area contributed by atoms with Gasteiger partial charge in [0.2, 0.25) is 0 Å². The molecule has 16 rings (SSSR count). The van der Waals surface area contributed by atoms with Crippen LogP contribution in [0.5, 0.6) is 0 Å². The second kappa shape index (κ2) is 17.6. The fourth-order valence-electron chi connectivity index (χ4n) is 13.3. The van der Waals surface area contributed by atoms with E-state index >= 15 is 0 Å². The molecule has 5 heterocycles. The highest BCUT2D eigenvalue weighted by atomic mass is 15.0. The van der Waals surface area contributed by atoms with E-state index in [1.807, 2.05) is 18.2 Å². The normalized spacial score (nSPS) is 12.0. The Hall–Kier alpha value is -10.4. The standard InChI is InChI=1S/C73H51N7/c1-44-38-51(79-65-32-18-12-26-57(65)59-42-49(34-36-67(59)79)77-61-28-14-8-22-53(61)54-23-9-15-29-62(54)77)39-45(2)69(44)72-74-71(48-20-6-5-7-21-48)75-73(76-72)70-46(3)40-52(41-47(70)4)80-66-33-19-13-27-58(66)60-43-50(35-37-68(60)80)78-63-30-16-10-24-55(63)56-25-11-17-31-64(56)78/h5-43H,1-4H3. The van der Waals surface area contributed by atoms with Gasteiger partial charge in [0.25, 0.3) is 0 Å². The fraction of sp³-hybridized carbons (Fsp3) is 0.0548. The van der Waals surface area contributed by atoms with Crippen molar-refractivity contribution in [3.63, 3.8) is 0 Å². The summed E-state index contributed by atoms with van der Waals surface area (Å²) < 4.78 is 9.62. The second-order valence-corrected chi connectivity index (χ2v) is 21.4. The van der Waals surface area contributed by atoms with Crippen LogP contribution in [0.15, 0.2) is 237 Å². The number of fused-ring (bicyclic) bond motifs is 12. The van der Waals surface area contributed by atoms with Crippen LogP contribution in [0.4, 0.5) is 0 Å². The smallest absolute Gasteiger partial charge is 0.164 e. The minimum atomic E-state index is 0.638. The molecule has 0 atom stereocenters. The van der Waals surface area contributed by atoms with Crippen LogP contribution in [0.25, 0.3) is 144 Å². The van der Waals surface area contributed by atoms with E-state index < -0.39 is 0 Å². The summed E-state index contributed by atoms with van der Waals surface area (Å²) in [5.41, 5.74) is 21.1. The molecule has 0 spiro atoms. The summed E-state index contributed by atoms with van der Waals surface area (Å²) in [5.74, 6) is 1.94. The highest BCUT2D eigenvalue weighted by Crippen LogP contribution is 2.42. The summed E-state index contributed by atoms with van der Waals surface area (Å²) >= 11 is 0. The monoisotopic (exact) mass is 1030 g/mol. The Kier molecular flexibility index (Phi) is 10.1. The number of nitrogens with zero attached hydrogens (tertiary/aromatic N) is 7. The van der Waals surface area contributed by atoms with Crippen molar-refractivity contribution in [2.75, 3.05) is 0 Å². The van der Waals surface area contributed by atoms with E-state index in [2.05, 4.69) is 264 Å². The lowest BCUT2D eigenvalue weighted by Gasteiger charge is -2.18. The van der Waals surface area contributed by atoms with Crippen molar-refractivity contribution in [1.29, 1.82) is 0 Å². The first-order valence-corrected chi connectivity index (χ1v) is 27.4. The number of aromatic nitrogens is 7. The van der Waals surface area contributed by atoms with Crippen molar-refractivity contribution in [3.8, 4) is 56.9 Å². The van der Waals surface area contributed by atoms with Gasteiger partial charge in [0.1, 0.15) is 0 Å². The van der Waals surface area contributed by atoms with Gasteiger partial charge in [-0.15, -0.1) is 0 Å². The van der Waals surface area contributed by atoms with Crippen molar-refractivity contribution < 1.29 is 0 Å². The van der Waals surface area contributed by atoms with E-state index in [9.17, 15) is 0 Å². The van der Waals surface area contributed by atoms with E-state index in [0.29, 0.717) is 17.5 Å². The lowest BCUT2D eigenvalue weighted by Crippen LogP contribution is -2.05. The van der Waals surface area contributed by atoms with Gasteiger partial charge < -0.3 is 18.3 Å². The summed E-state index contributed by atoms with van der Waals surface area (Å²) in [6.07, 6.45) is 0. The predicted molar refractivity (Wildman–Crippen MR) is 332 cm³/mol. The average molecular weight is 1030 g/mol. The van der Waals surface area contributed by atoms with E-state index in [1.165, 1.54) is 65.2 Å². The molecule has 5 aromatic heterocycles. The Balaban J connectivity index is 0.815. The Morgan fingerprint density at radius 2 is 0.487 bits per heavy atom.